The van der Waals surface area contributed by atoms with Crippen LogP contribution in [-0.4, -0.2) is 38.2 Å². The molecule has 0 spiro atoms. The van der Waals surface area contributed by atoms with Gasteiger partial charge in [0.2, 0.25) is 5.91 Å². The van der Waals surface area contributed by atoms with Crippen molar-refractivity contribution in [2.24, 2.45) is 10.3 Å². The van der Waals surface area contributed by atoms with Gasteiger partial charge in [-0.25, -0.2) is 4.39 Å². The molecular formula is C19H17BrFN3O3S. The van der Waals surface area contributed by atoms with Crippen LogP contribution < -0.4 is 5.32 Å². The van der Waals surface area contributed by atoms with Crippen molar-refractivity contribution in [3.8, 4) is 0 Å². The maximum atomic E-state index is 13.2. The maximum absolute atomic E-state index is 13.2. The van der Waals surface area contributed by atoms with Crippen molar-refractivity contribution in [3.63, 3.8) is 0 Å². The van der Waals surface area contributed by atoms with Crippen LogP contribution in [0.15, 0.2) is 56.2 Å². The minimum absolute atomic E-state index is 0.131. The summed E-state index contributed by atoms with van der Waals surface area (Å²) in [5, 5.41) is 2.82. The number of amidine groups is 1. The molecule has 2 aromatic rings. The summed E-state index contributed by atoms with van der Waals surface area (Å²) in [7, 11) is -3.65. The second-order valence-corrected chi connectivity index (χ2v) is 9.19. The fraction of sp³-hybridized carbons (Fsp3) is 0.263. The van der Waals surface area contributed by atoms with Crippen molar-refractivity contribution >= 4 is 43.4 Å². The Bertz CT molecular complexity index is 1080. The van der Waals surface area contributed by atoms with Gasteiger partial charge in [-0.1, -0.05) is 12.1 Å². The van der Waals surface area contributed by atoms with Crippen molar-refractivity contribution in [2.45, 2.75) is 17.7 Å². The van der Waals surface area contributed by atoms with E-state index in [9.17, 15) is 17.6 Å². The molecule has 4 rings (SSSR count). The van der Waals surface area contributed by atoms with Crippen LogP contribution in [0.25, 0.3) is 0 Å². The Hall–Kier alpha value is -2.26. The molecule has 0 aliphatic carbocycles. The molecule has 0 bridgehead atoms. The zero-order valence-corrected chi connectivity index (χ0v) is 17.1. The van der Waals surface area contributed by atoms with E-state index >= 15 is 0 Å². The molecule has 2 heterocycles. The minimum atomic E-state index is -3.65. The smallest absolute Gasteiger partial charge is 0.285 e. The molecule has 1 fully saturated rings. The highest BCUT2D eigenvalue weighted by atomic mass is 79.9. The number of likely N-dealkylation sites (tertiary alicyclic amines) is 1. The van der Waals surface area contributed by atoms with E-state index in [4.69, 9.17) is 0 Å². The van der Waals surface area contributed by atoms with E-state index in [0.29, 0.717) is 47.5 Å². The molecule has 1 saturated heterocycles. The van der Waals surface area contributed by atoms with Crippen LogP contribution in [0.4, 0.5) is 10.1 Å². The zero-order chi connectivity index (χ0) is 19.9. The molecule has 28 heavy (non-hydrogen) atoms. The third kappa shape index (κ3) is 3.56. The first-order valence-electron chi connectivity index (χ1n) is 8.80. The number of hydrogen-bond acceptors (Lipinski definition) is 4. The van der Waals surface area contributed by atoms with Gasteiger partial charge in [-0.2, -0.15) is 8.42 Å². The summed E-state index contributed by atoms with van der Waals surface area (Å²) < 4.78 is 42.1. The molecule has 0 saturated carbocycles. The Kier molecular flexibility index (Phi) is 4.96. The van der Waals surface area contributed by atoms with Crippen LogP contribution in [-0.2, 0) is 14.8 Å². The number of fused-ring (bicyclic) bond motifs is 1. The van der Waals surface area contributed by atoms with Gasteiger partial charge in [0.25, 0.3) is 10.0 Å². The highest BCUT2D eigenvalue weighted by Gasteiger charge is 2.34. The summed E-state index contributed by atoms with van der Waals surface area (Å²) in [5.74, 6) is -0.267. The van der Waals surface area contributed by atoms with Gasteiger partial charge >= 0.3 is 0 Å². The second-order valence-electron chi connectivity index (χ2n) is 6.76. The number of nitrogens with zero attached hydrogens (tertiary/aromatic N) is 2. The Morgan fingerprint density at radius 1 is 1.18 bits per heavy atom. The van der Waals surface area contributed by atoms with Crippen LogP contribution >= 0.6 is 15.9 Å². The number of rotatable bonds is 2. The summed E-state index contributed by atoms with van der Waals surface area (Å²) in [6, 6.07) is 10.9. The van der Waals surface area contributed by atoms with Gasteiger partial charge in [-0.05, 0) is 59.1 Å². The van der Waals surface area contributed by atoms with Crippen molar-refractivity contribution in [1.29, 1.82) is 0 Å². The van der Waals surface area contributed by atoms with Gasteiger partial charge in [0, 0.05) is 29.0 Å². The number of hydrogen-bond donors (Lipinski definition) is 1. The molecule has 0 atom stereocenters. The predicted molar refractivity (Wildman–Crippen MR) is 107 cm³/mol. The molecule has 6 nitrogen and oxygen atoms in total. The first-order chi connectivity index (χ1) is 13.3. The van der Waals surface area contributed by atoms with Crippen LogP contribution in [0.1, 0.15) is 18.4 Å². The van der Waals surface area contributed by atoms with Gasteiger partial charge < -0.3 is 10.2 Å². The van der Waals surface area contributed by atoms with Gasteiger partial charge in [-0.15, -0.1) is 4.40 Å². The second kappa shape index (κ2) is 7.29. The number of sulfonamides is 1. The monoisotopic (exact) mass is 465 g/mol. The van der Waals surface area contributed by atoms with Crippen molar-refractivity contribution in [3.05, 3.63) is 58.3 Å². The van der Waals surface area contributed by atoms with E-state index in [-0.39, 0.29) is 22.5 Å². The van der Waals surface area contributed by atoms with Gasteiger partial charge in [-0.3, -0.25) is 4.79 Å². The Morgan fingerprint density at radius 2 is 1.89 bits per heavy atom. The average molecular weight is 466 g/mol. The lowest BCUT2D eigenvalue weighted by Crippen LogP contribution is -2.41. The fourth-order valence-corrected chi connectivity index (χ4v) is 5.17. The first kappa shape index (κ1) is 19.1. The number of benzene rings is 2. The lowest BCUT2D eigenvalue weighted by atomic mass is 9.95. The molecule has 0 unspecified atom stereocenters. The largest absolute Gasteiger partial charge is 0.355 e. The first-order valence-corrected chi connectivity index (χ1v) is 11.0. The molecule has 2 aromatic carbocycles. The van der Waals surface area contributed by atoms with Gasteiger partial charge in [0.05, 0.1) is 5.69 Å². The van der Waals surface area contributed by atoms with E-state index in [1.807, 2.05) is 4.90 Å². The van der Waals surface area contributed by atoms with Gasteiger partial charge in [0.15, 0.2) is 5.84 Å². The molecule has 1 N–H and O–H groups in total. The molecule has 1 amide bonds. The fourth-order valence-electron chi connectivity index (χ4n) is 3.50. The van der Waals surface area contributed by atoms with Crippen molar-refractivity contribution < 1.29 is 17.6 Å². The number of amides is 1. The van der Waals surface area contributed by atoms with Crippen molar-refractivity contribution in [2.75, 3.05) is 18.4 Å². The summed E-state index contributed by atoms with van der Waals surface area (Å²) >= 11 is 3.24. The SMILES string of the molecule is O=C(Nc1ccc(F)cc1Br)C1CCN(C2=NS(=O)(=O)c3ccccc32)CC1. The van der Waals surface area contributed by atoms with E-state index < -0.39 is 10.0 Å². The van der Waals surface area contributed by atoms with Crippen LogP contribution in [0.3, 0.4) is 0 Å². The lowest BCUT2D eigenvalue weighted by molar-refractivity contribution is -0.121. The standard InChI is InChI=1S/C19H17BrFN3O3S/c20-15-11-13(21)5-6-16(15)22-19(25)12-7-9-24(10-8-12)18-14-3-1-2-4-17(14)28(26,27)23-18/h1-6,11-12H,7-10H2,(H,22,25). The summed E-state index contributed by atoms with van der Waals surface area (Å²) in [6.07, 6.45) is 1.15. The van der Waals surface area contributed by atoms with Crippen LogP contribution in [0.2, 0.25) is 0 Å². The molecule has 0 aromatic heterocycles. The summed E-state index contributed by atoms with van der Waals surface area (Å²) in [4.78, 5) is 14.7. The van der Waals surface area contributed by atoms with Crippen LogP contribution in [0, 0.1) is 11.7 Å². The highest BCUT2D eigenvalue weighted by molar-refractivity contribution is 9.10. The van der Waals surface area contributed by atoms with E-state index in [1.165, 1.54) is 18.2 Å². The topological polar surface area (TPSA) is 78.8 Å². The number of anilines is 1. The van der Waals surface area contributed by atoms with Crippen LogP contribution in [0.5, 0.6) is 0 Å². The third-order valence-corrected chi connectivity index (χ3v) is 6.95. The van der Waals surface area contributed by atoms with E-state index in [1.54, 1.807) is 24.3 Å². The molecule has 2 aliphatic heterocycles. The predicted octanol–water partition coefficient (Wildman–Crippen LogP) is 3.39. The zero-order valence-electron chi connectivity index (χ0n) is 14.7. The summed E-state index contributed by atoms with van der Waals surface area (Å²) in [5.41, 5.74) is 1.13. The number of carbonyl (C=O) groups excluding carboxylic acids is 1. The molecular weight excluding hydrogens is 449 g/mol. The Labute approximate surface area is 170 Å². The number of carbonyl (C=O) groups is 1. The van der Waals surface area contributed by atoms with Crippen molar-refractivity contribution in [1.82, 2.24) is 4.90 Å². The quantitative estimate of drug-likeness (QED) is 0.736. The highest BCUT2D eigenvalue weighted by Crippen LogP contribution is 2.30. The average Bonchev–Trinajstić information content (AvgIpc) is 2.96. The Morgan fingerprint density at radius 3 is 2.61 bits per heavy atom. The minimum Gasteiger partial charge on any atom is -0.355 e. The molecule has 146 valence electrons. The number of piperidine rings is 1. The summed E-state index contributed by atoms with van der Waals surface area (Å²) in [6.45, 7) is 1.07. The number of halogens is 2. The van der Waals surface area contributed by atoms with E-state index in [0.717, 1.165) is 0 Å². The lowest BCUT2D eigenvalue weighted by Gasteiger charge is -2.32. The normalized spacial score (nSPS) is 18.5. The van der Waals surface area contributed by atoms with Gasteiger partial charge in [0.1, 0.15) is 10.7 Å². The third-order valence-electron chi connectivity index (χ3n) is 4.97. The van der Waals surface area contributed by atoms with E-state index in [2.05, 4.69) is 25.6 Å². The molecule has 0 radical (unpaired) electrons. The molecule has 2 aliphatic rings. The Balaban J connectivity index is 1.43. The maximum Gasteiger partial charge on any atom is 0.285 e. The number of nitrogens with one attached hydrogen (secondary N) is 1. The molecule has 9 heteroatoms.